The number of hydrogen-bond acceptors (Lipinski definition) is 3. The Morgan fingerprint density at radius 3 is 2.20 bits per heavy atom. The quantitative estimate of drug-likeness (QED) is 0.821. The van der Waals surface area contributed by atoms with Crippen molar-refractivity contribution < 1.29 is 14.7 Å². The first-order valence-corrected chi connectivity index (χ1v) is 7.74. The molecule has 4 heteroatoms. The molecule has 1 rings (SSSR count). The number of rotatable bonds is 7. The van der Waals surface area contributed by atoms with Gasteiger partial charge in [-0.1, -0.05) is 62.9 Å². The van der Waals surface area contributed by atoms with Crippen LogP contribution >= 0.6 is 11.8 Å². The second-order valence-corrected chi connectivity index (χ2v) is 6.67. The van der Waals surface area contributed by atoms with Crippen LogP contribution in [0.1, 0.15) is 44.4 Å². The zero-order chi connectivity index (χ0) is 15.1. The lowest BCUT2D eigenvalue weighted by Crippen LogP contribution is -2.11. The summed E-state index contributed by atoms with van der Waals surface area (Å²) in [5.41, 5.74) is 1.15. The maximum Gasteiger partial charge on any atom is 0.303 e. The summed E-state index contributed by atoms with van der Waals surface area (Å²) in [6, 6.07) is 9.98. The van der Waals surface area contributed by atoms with Gasteiger partial charge < -0.3 is 5.11 Å². The zero-order valence-corrected chi connectivity index (χ0v) is 13.0. The first kappa shape index (κ1) is 16.8. The number of carbonyl (C=O) groups is 2. The summed E-state index contributed by atoms with van der Waals surface area (Å²) in [6.07, 6.45) is 0.358. The van der Waals surface area contributed by atoms with Crippen LogP contribution in [0.25, 0.3) is 0 Å². The highest BCUT2D eigenvalue weighted by atomic mass is 32.2. The van der Waals surface area contributed by atoms with Crippen LogP contribution in [0.3, 0.4) is 0 Å². The van der Waals surface area contributed by atoms with Gasteiger partial charge in [-0.15, -0.1) is 0 Å². The van der Waals surface area contributed by atoms with Crippen LogP contribution in [0.2, 0.25) is 0 Å². The Balaban J connectivity index is 2.63. The molecule has 0 bridgehead atoms. The fourth-order valence-corrected chi connectivity index (χ4v) is 3.31. The molecule has 1 unspecified atom stereocenters. The number of carboxylic acid groups (broad SMARTS) is 1. The summed E-state index contributed by atoms with van der Waals surface area (Å²) < 4.78 is 0. The minimum atomic E-state index is -0.848. The minimum absolute atomic E-state index is 0.0456. The third-order valence-electron chi connectivity index (χ3n) is 3.03. The van der Waals surface area contributed by atoms with Gasteiger partial charge in [0.1, 0.15) is 0 Å². The van der Waals surface area contributed by atoms with Crippen LogP contribution in [-0.4, -0.2) is 16.2 Å². The first-order valence-electron chi connectivity index (χ1n) is 6.86. The third kappa shape index (κ3) is 5.78. The van der Waals surface area contributed by atoms with Gasteiger partial charge in [-0.2, -0.15) is 0 Å². The number of carbonyl (C=O) groups excluding carboxylic acids is 1. The number of carboxylic acids is 1. The summed E-state index contributed by atoms with van der Waals surface area (Å²) in [6.45, 7) is 6.00. The van der Waals surface area contributed by atoms with Gasteiger partial charge in [-0.05, 0) is 17.4 Å². The van der Waals surface area contributed by atoms with Gasteiger partial charge in [0, 0.05) is 18.1 Å². The van der Waals surface area contributed by atoms with Crippen molar-refractivity contribution in [2.45, 2.75) is 38.9 Å². The van der Waals surface area contributed by atoms with Crippen molar-refractivity contribution in [3.05, 3.63) is 35.9 Å². The van der Waals surface area contributed by atoms with Crippen LogP contribution in [0.15, 0.2) is 30.3 Å². The number of hydrogen-bond donors (Lipinski definition) is 1. The fraction of sp³-hybridized carbons (Fsp3) is 0.500. The predicted octanol–water partition coefficient (Wildman–Crippen LogP) is 4.14. The lowest BCUT2D eigenvalue weighted by atomic mass is 10.0. The van der Waals surface area contributed by atoms with E-state index in [9.17, 15) is 9.59 Å². The van der Waals surface area contributed by atoms with E-state index in [4.69, 9.17) is 5.11 Å². The Hall–Kier alpha value is -1.29. The van der Waals surface area contributed by atoms with Gasteiger partial charge in [0.05, 0.1) is 0 Å². The molecule has 1 aromatic rings. The van der Waals surface area contributed by atoms with Crippen LogP contribution in [0.5, 0.6) is 0 Å². The van der Waals surface area contributed by atoms with E-state index in [1.54, 1.807) is 6.92 Å². The van der Waals surface area contributed by atoms with Crippen LogP contribution < -0.4 is 0 Å². The Bertz CT molecular complexity index is 442. The summed E-state index contributed by atoms with van der Waals surface area (Å²) >= 11 is 1.33. The molecular formula is C16H22O3S. The molecule has 0 fully saturated rings. The molecule has 0 saturated carbocycles. The highest BCUT2D eigenvalue weighted by molar-refractivity contribution is 8.13. The van der Waals surface area contributed by atoms with E-state index in [-0.39, 0.29) is 22.7 Å². The molecule has 2 atom stereocenters. The monoisotopic (exact) mass is 294 g/mol. The van der Waals surface area contributed by atoms with Gasteiger partial charge in [0.2, 0.25) is 0 Å². The second kappa shape index (κ2) is 8.10. The Kier molecular flexibility index (Phi) is 6.79. The van der Waals surface area contributed by atoms with Crippen LogP contribution in [0, 0.1) is 11.8 Å². The number of thioether (sulfide) groups is 1. The lowest BCUT2D eigenvalue weighted by Gasteiger charge is -2.20. The Morgan fingerprint density at radius 1 is 1.10 bits per heavy atom. The lowest BCUT2D eigenvalue weighted by molar-refractivity contribution is -0.138. The van der Waals surface area contributed by atoms with Crippen molar-refractivity contribution in [1.29, 1.82) is 0 Å². The van der Waals surface area contributed by atoms with Crippen molar-refractivity contribution >= 4 is 22.8 Å². The Morgan fingerprint density at radius 2 is 1.70 bits per heavy atom. The summed E-state index contributed by atoms with van der Waals surface area (Å²) in [4.78, 5) is 22.7. The highest BCUT2D eigenvalue weighted by Crippen LogP contribution is 2.37. The summed E-state index contributed by atoms with van der Waals surface area (Å²) in [7, 11) is 0. The summed E-state index contributed by atoms with van der Waals surface area (Å²) in [5.74, 6) is -0.615. The second-order valence-electron chi connectivity index (χ2n) is 5.47. The predicted molar refractivity (Wildman–Crippen MR) is 82.7 cm³/mol. The largest absolute Gasteiger partial charge is 0.481 e. The molecule has 0 aliphatic rings. The highest BCUT2D eigenvalue weighted by Gasteiger charge is 2.22. The molecular weight excluding hydrogens is 272 g/mol. The number of aliphatic carboxylic acids is 1. The topological polar surface area (TPSA) is 54.4 Å². The molecule has 20 heavy (non-hydrogen) atoms. The summed E-state index contributed by atoms with van der Waals surface area (Å²) in [5, 5.41) is 8.92. The fourth-order valence-electron chi connectivity index (χ4n) is 2.08. The van der Waals surface area contributed by atoms with Gasteiger partial charge in [-0.25, -0.2) is 0 Å². The van der Waals surface area contributed by atoms with Gasteiger partial charge in [0.15, 0.2) is 5.12 Å². The van der Waals surface area contributed by atoms with E-state index in [1.165, 1.54) is 11.8 Å². The van der Waals surface area contributed by atoms with Crippen molar-refractivity contribution in [2.24, 2.45) is 11.8 Å². The molecule has 0 aliphatic carbocycles. The molecule has 0 aromatic heterocycles. The van der Waals surface area contributed by atoms with Gasteiger partial charge >= 0.3 is 5.97 Å². The van der Waals surface area contributed by atoms with E-state index in [0.29, 0.717) is 12.3 Å². The van der Waals surface area contributed by atoms with Crippen molar-refractivity contribution in [1.82, 2.24) is 0 Å². The molecule has 110 valence electrons. The minimum Gasteiger partial charge on any atom is -0.481 e. The van der Waals surface area contributed by atoms with Crippen molar-refractivity contribution in [3.8, 4) is 0 Å². The molecule has 1 N–H and O–H groups in total. The van der Waals surface area contributed by atoms with Crippen molar-refractivity contribution in [3.63, 3.8) is 0 Å². The van der Waals surface area contributed by atoms with E-state index in [2.05, 4.69) is 13.8 Å². The maximum atomic E-state index is 12.1. The average Bonchev–Trinajstić information content (AvgIpc) is 2.35. The average molecular weight is 294 g/mol. The van der Waals surface area contributed by atoms with E-state index in [0.717, 1.165) is 5.56 Å². The van der Waals surface area contributed by atoms with Crippen LogP contribution in [0.4, 0.5) is 0 Å². The molecule has 0 spiro atoms. The standard InChI is InChI=1S/C16H22O3S/c1-11(2)16(13-7-5-4-6-8-13)20-15(19)10-12(3)9-14(17)18/h4-8,11-12,16H,9-10H2,1-3H3,(H,17,18)/t12?,16-/m1/s1. The zero-order valence-electron chi connectivity index (χ0n) is 12.2. The normalized spacial score (nSPS) is 14.0. The molecule has 3 nitrogen and oxygen atoms in total. The molecule has 0 saturated heterocycles. The Labute approximate surface area is 124 Å². The molecule has 1 aromatic carbocycles. The number of benzene rings is 1. The maximum absolute atomic E-state index is 12.1. The molecule has 0 aliphatic heterocycles. The molecule has 0 heterocycles. The van der Waals surface area contributed by atoms with Crippen molar-refractivity contribution in [2.75, 3.05) is 0 Å². The van der Waals surface area contributed by atoms with Gasteiger partial charge in [0.25, 0.3) is 0 Å². The van der Waals surface area contributed by atoms with E-state index >= 15 is 0 Å². The molecule has 0 radical (unpaired) electrons. The SMILES string of the molecule is CC(CC(=O)O)CC(=O)S[C@@H](c1ccccc1)C(C)C. The van der Waals surface area contributed by atoms with Crippen LogP contribution in [-0.2, 0) is 9.59 Å². The smallest absolute Gasteiger partial charge is 0.303 e. The van der Waals surface area contributed by atoms with E-state index in [1.807, 2.05) is 30.3 Å². The molecule has 0 amide bonds. The first-order chi connectivity index (χ1) is 9.40. The van der Waals surface area contributed by atoms with Gasteiger partial charge in [-0.3, -0.25) is 9.59 Å². The third-order valence-corrected chi connectivity index (χ3v) is 4.53. The van der Waals surface area contributed by atoms with E-state index < -0.39 is 5.97 Å².